The average molecular weight is 403 g/mol. The monoisotopic (exact) mass is 402 g/mol. The van der Waals surface area contributed by atoms with Crippen molar-refractivity contribution in [1.29, 1.82) is 0 Å². The molecule has 0 bridgehead atoms. The minimum absolute atomic E-state index is 0.0996. The molecule has 1 fully saturated rings. The van der Waals surface area contributed by atoms with Gasteiger partial charge in [0.05, 0.1) is 12.2 Å². The summed E-state index contributed by atoms with van der Waals surface area (Å²) in [6.07, 6.45) is 2.42. The van der Waals surface area contributed by atoms with Gasteiger partial charge in [-0.2, -0.15) is 0 Å². The number of carbonyl (C=O) groups is 1. The molecule has 7 heteroatoms. The van der Waals surface area contributed by atoms with Crippen molar-refractivity contribution in [2.75, 3.05) is 57.9 Å². The first kappa shape index (κ1) is 20.6. The molecule has 0 unspecified atom stereocenters. The Bertz CT molecular complexity index is 744. The summed E-state index contributed by atoms with van der Waals surface area (Å²) in [6.45, 7) is 6.17. The van der Waals surface area contributed by atoms with Gasteiger partial charge in [-0.05, 0) is 36.2 Å². The molecule has 1 amide bonds. The molecular weight excluding hydrogens is 376 g/mol. The number of pyridine rings is 1. The highest BCUT2D eigenvalue weighted by atomic mass is 35.5. The molecule has 1 N–H and O–H groups in total. The van der Waals surface area contributed by atoms with Crippen molar-refractivity contribution in [3.8, 4) is 0 Å². The summed E-state index contributed by atoms with van der Waals surface area (Å²) in [4.78, 5) is 21.5. The molecule has 1 saturated heterocycles. The lowest BCUT2D eigenvalue weighted by Gasteiger charge is -2.35. The van der Waals surface area contributed by atoms with E-state index in [0.29, 0.717) is 12.1 Å². The summed E-state index contributed by atoms with van der Waals surface area (Å²) in [5, 5.41) is 3.66. The fraction of sp³-hybridized carbons (Fsp3) is 0.429. The fourth-order valence-corrected chi connectivity index (χ4v) is 3.33. The van der Waals surface area contributed by atoms with E-state index in [1.54, 1.807) is 13.3 Å². The molecule has 1 aliphatic rings. The van der Waals surface area contributed by atoms with Gasteiger partial charge in [-0.3, -0.25) is 9.69 Å². The van der Waals surface area contributed by atoms with Crippen LogP contribution in [0.2, 0.25) is 5.02 Å². The largest absolute Gasteiger partial charge is 0.383 e. The summed E-state index contributed by atoms with van der Waals surface area (Å²) in [6, 6.07) is 11.4. The van der Waals surface area contributed by atoms with Gasteiger partial charge >= 0.3 is 0 Å². The summed E-state index contributed by atoms with van der Waals surface area (Å²) >= 11 is 5.88. The van der Waals surface area contributed by atoms with E-state index in [-0.39, 0.29) is 5.91 Å². The molecule has 150 valence electrons. The summed E-state index contributed by atoms with van der Waals surface area (Å²) < 4.78 is 5.14. The molecule has 3 rings (SSSR count). The predicted octanol–water partition coefficient (Wildman–Crippen LogP) is 2.48. The number of hydrogen-bond donors (Lipinski definition) is 1. The van der Waals surface area contributed by atoms with Gasteiger partial charge in [0.15, 0.2) is 0 Å². The summed E-state index contributed by atoms with van der Waals surface area (Å²) in [5.41, 5.74) is 1.72. The highest BCUT2D eigenvalue weighted by molar-refractivity contribution is 6.30. The third-order valence-electron chi connectivity index (χ3n) is 4.93. The van der Waals surface area contributed by atoms with Crippen LogP contribution in [0, 0.1) is 0 Å². The maximum absolute atomic E-state index is 12.3. The first-order chi connectivity index (χ1) is 13.7. The number of ether oxygens (including phenoxy) is 1. The molecule has 6 nitrogen and oxygen atoms in total. The van der Waals surface area contributed by atoms with Gasteiger partial charge in [0.25, 0.3) is 5.91 Å². The lowest BCUT2D eigenvalue weighted by atomic mass is 10.1. The number of hydrogen-bond acceptors (Lipinski definition) is 5. The zero-order valence-electron chi connectivity index (χ0n) is 16.2. The van der Waals surface area contributed by atoms with Gasteiger partial charge in [-0.1, -0.05) is 23.7 Å². The molecule has 0 aliphatic carbocycles. The molecular formula is C21H27ClN4O2. The van der Waals surface area contributed by atoms with Crippen LogP contribution in [0.15, 0.2) is 42.6 Å². The topological polar surface area (TPSA) is 57.7 Å². The Hall–Kier alpha value is -2.15. The van der Waals surface area contributed by atoms with Gasteiger partial charge in [0, 0.05) is 57.6 Å². The van der Waals surface area contributed by atoms with Crippen molar-refractivity contribution in [1.82, 2.24) is 15.2 Å². The Morgan fingerprint density at radius 1 is 1.14 bits per heavy atom. The molecule has 1 aromatic heterocycles. The van der Waals surface area contributed by atoms with Crippen LogP contribution < -0.4 is 10.2 Å². The smallest absolute Gasteiger partial charge is 0.252 e. The maximum atomic E-state index is 12.3. The van der Waals surface area contributed by atoms with Crippen molar-refractivity contribution in [3.05, 3.63) is 58.7 Å². The van der Waals surface area contributed by atoms with E-state index in [0.717, 1.165) is 62.2 Å². The van der Waals surface area contributed by atoms with Crippen LogP contribution in [0.5, 0.6) is 0 Å². The average Bonchev–Trinajstić information content (AvgIpc) is 2.74. The number of rotatable bonds is 8. The van der Waals surface area contributed by atoms with E-state index >= 15 is 0 Å². The van der Waals surface area contributed by atoms with E-state index < -0.39 is 0 Å². The number of amides is 1. The van der Waals surface area contributed by atoms with E-state index in [1.807, 2.05) is 36.4 Å². The van der Waals surface area contributed by atoms with Crippen molar-refractivity contribution in [2.45, 2.75) is 6.42 Å². The normalized spacial score (nSPS) is 14.9. The number of benzene rings is 1. The number of aromatic nitrogens is 1. The Labute approximate surface area is 171 Å². The highest BCUT2D eigenvalue weighted by Gasteiger charge is 2.18. The number of methoxy groups -OCH3 is 1. The molecule has 1 aromatic carbocycles. The van der Waals surface area contributed by atoms with Crippen molar-refractivity contribution in [3.63, 3.8) is 0 Å². The van der Waals surface area contributed by atoms with Crippen LogP contribution in [0.4, 0.5) is 5.82 Å². The third kappa shape index (κ3) is 5.92. The maximum Gasteiger partial charge on any atom is 0.252 e. The SMILES string of the molecule is COCCN1CCN(c2ccc(C(=O)NCCc3ccc(Cl)cc3)cn2)CC1. The molecule has 0 saturated carbocycles. The minimum Gasteiger partial charge on any atom is -0.383 e. The molecule has 28 heavy (non-hydrogen) atoms. The van der Waals surface area contributed by atoms with Gasteiger partial charge in [0.1, 0.15) is 5.82 Å². The second kappa shape index (κ2) is 10.4. The quantitative estimate of drug-likeness (QED) is 0.735. The zero-order valence-corrected chi connectivity index (χ0v) is 17.0. The minimum atomic E-state index is -0.0996. The molecule has 1 aliphatic heterocycles. The van der Waals surface area contributed by atoms with Crippen molar-refractivity contribution < 1.29 is 9.53 Å². The second-order valence-corrected chi connectivity index (χ2v) is 7.30. The van der Waals surface area contributed by atoms with Gasteiger partial charge in [-0.15, -0.1) is 0 Å². The number of halogens is 1. The first-order valence-corrected chi connectivity index (χ1v) is 9.98. The fourth-order valence-electron chi connectivity index (χ4n) is 3.20. The van der Waals surface area contributed by atoms with E-state index in [9.17, 15) is 4.79 Å². The highest BCUT2D eigenvalue weighted by Crippen LogP contribution is 2.14. The Morgan fingerprint density at radius 3 is 2.54 bits per heavy atom. The standard InChI is InChI=1S/C21H27ClN4O2/c1-28-15-14-25-10-12-26(13-11-25)20-7-4-18(16-24-20)21(27)23-9-8-17-2-5-19(22)6-3-17/h2-7,16H,8-15H2,1H3,(H,23,27). The van der Waals surface area contributed by atoms with Gasteiger partial charge in [0.2, 0.25) is 0 Å². The lowest BCUT2D eigenvalue weighted by molar-refractivity contribution is 0.0954. The Kier molecular flexibility index (Phi) is 7.65. The van der Waals surface area contributed by atoms with E-state index in [2.05, 4.69) is 20.1 Å². The third-order valence-corrected chi connectivity index (χ3v) is 5.18. The zero-order chi connectivity index (χ0) is 19.8. The number of carbonyl (C=O) groups excluding carboxylic acids is 1. The summed E-state index contributed by atoms with van der Waals surface area (Å²) in [7, 11) is 1.73. The number of nitrogens with one attached hydrogen (secondary N) is 1. The molecule has 2 aromatic rings. The van der Waals surface area contributed by atoms with Crippen LogP contribution in [0.1, 0.15) is 15.9 Å². The van der Waals surface area contributed by atoms with Gasteiger partial charge < -0.3 is 15.0 Å². The van der Waals surface area contributed by atoms with E-state index in [1.165, 1.54) is 0 Å². The second-order valence-electron chi connectivity index (χ2n) is 6.86. The number of nitrogens with zero attached hydrogens (tertiary/aromatic N) is 3. The van der Waals surface area contributed by atoms with Crippen LogP contribution in [0.25, 0.3) is 0 Å². The van der Waals surface area contributed by atoms with E-state index in [4.69, 9.17) is 16.3 Å². The van der Waals surface area contributed by atoms with Crippen molar-refractivity contribution in [2.24, 2.45) is 0 Å². The molecule has 0 radical (unpaired) electrons. The van der Waals surface area contributed by atoms with Gasteiger partial charge in [-0.25, -0.2) is 4.98 Å². The van der Waals surface area contributed by atoms with Crippen LogP contribution >= 0.6 is 11.6 Å². The van der Waals surface area contributed by atoms with Crippen LogP contribution in [-0.4, -0.2) is 68.8 Å². The molecule has 0 atom stereocenters. The predicted molar refractivity (Wildman–Crippen MR) is 112 cm³/mol. The number of anilines is 1. The van der Waals surface area contributed by atoms with Crippen LogP contribution in [0.3, 0.4) is 0 Å². The van der Waals surface area contributed by atoms with Crippen LogP contribution in [-0.2, 0) is 11.2 Å². The number of piperazine rings is 1. The van der Waals surface area contributed by atoms with Crippen molar-refractivity contribution >= 4 is 23.3 Å². The lowest BCUT2D eigenvalue weighted by Crippen LogP contribution is -2.47. The Balaban J connectivity index is 1.44. The Morgan fingerprint density at radius 2 is 1.89 bits per heavy atom. The first-order valence-electron chi connectivity index (χ1n) is 9.60. The molecule has 0 spiro atoms. The molecule has 2 heterocycles. The summed E-state index contributed by atoms with van der Waals surface area (Å²) in [5.74, 6) is 0.821.